The van der Waals surface area contributed by atoms with Crippen LogP contribution in [0.1, 0.15) is 11.3 Å². The molecule has 0 aliphatic carbocycles. The minimum Gasteiger partial charge on any atom is -0.451 e. The highest BCUT2D eigenvalue weighted by Crippen LogP contribution is 2.08. The number of nitrogens with zero attached hydrogens (tertiary/aromatic N) is 3. The molecule has 0 aliphatic rings. The number of rotatable bonds is 8. The summed E-state index contributed by atoms with van der Waals surface area (Å²) >= 11 is 1.73. The van der Waals surface area contributed by atoms with E-state index in [2.05, 4.69) is 20.6 Å². The van der Waals surface area contributed by atoms with E-state index in [4.69, 9.17) is 9.68 Å². The summed E-state index contributed by atoms with van der Waals surface area (Å²) in [6, 6.07) is 10.0. The first kappa shape index (κ1) is 20.6. The van der Waals surface area contributed by atoms with Crippen molar-refractivity contribution in [3.63, 3.8) is 0 Å². The summed E-state index contributed by atoms with van der Waals surface area (Å²) in [5.41, 5.74) is 2.05. The third-order valence-electron chi connectivity index (χ3n) is 2.91. The monoisotopic (exact) mass is 377 g/mol. The number of benzene rings is 1. The number of halogens is 1. The Bertz CT molecular complexity index is 683. The Morgan fingerprint density at radius 3 is 2.92 bits per heavy atom. The molecule has 0 fully saturated rings. The summed E-state index contributed by atoms with van der Waals surface area (Å²) in [7, 11) is 0. The highest BCUT2D eigenvalue weighted by Gasteiger charge is 1.98. The molecule has 0 bridgehead atoms. The molecule has 6 nitrogen and oxygen atoms in total. The summed E-state index contributed by atoms with van der Waals surface area (Å²) in [5.74, 6) is 2.16. The van der Waals surface area contributed by atoms with E-state index in [1.807, 2.05) is 48.7 Å². The van der Waals surface area contributed by atoms with Gasteiger partial charge >= 0.3 is 0 Å². The minimum atomic E-state index is 0. The number of guanidine groups is 1. The smallest absolute Gasteiger partial charge is 0.205 e. The molecule has 132 valence electrons. The molecule has 2 rings (SSSR count). The number of nitriles is 1. The second kappa shape index (κ2) is 12.9. The van der Waals surface area contributed by atoms with Crippen molar-refractivity contribution >= 4 is 36.2 Å². The predicted molar refractivity (Wildman–Crippen MR) is 104 cm³/mol. The molecule has 0 unspecified atom stereocenters. The molecule has 0 saturated carbocycles. The number of aliphatic imine (C=N–C) groups is 1. The maximum Gasteiger partial charge on any atom is 0.205 e. The van der Waals surface area contributed by atoms with Crippen molar-refractivity contribution in [2.75, 3.05) is 18.8 Å². The SMILES string of the molecule is Cl.N#CNC(=NCC=Cc1ccccc1)NCCSCc1cocn1. The molecular formula is C17H20ClN5OS. The van der Waals surface area contributed by atoms with Gasteiger partial charge in [0.05, 0.1) is 12.2 Å². The highest BCUT2D eigenvalue weighted by atomic mass is 35.5. The first-order valence-electron chi connectivity index (χ1n) is 7.48. The number of oxazole rings is 1. The zero-order valence-corrected chi connectivity index (χ0v) is 15.2. The second-order valence-electron chi connectivity index (χ2n) is 4.70. The number of hydrogen-bond donors (Lipinski definition) is 2. The summed E-state index contributed by atoms with van der Waals surface area (Å²) in [6.07, 6.45) is 8.92. The fourth-order valence-electron chi connectivity index (χ4n) is 1.82. The van der Waals surface area contributed by atoms with E-state index in [-0.39, 0.29) is 12.4 Å². The van der Waals surface area contributed by atoms with Gasteiger partial charge in [0.25, 0.3) is 0 Å². The van der Waals surface area contributed by atoms with Gasteiger partial charge in [0, 0.05) is 18.1 Å². The molecule has 0 saturated heterocycles. The maximum absolute atomic E-state index is 8.78. The van der Waals surface area contributed by atoms with E-state index >= 15 is 0 Å². The van der Waals surface area contributed by atoms with Crippen molar-refractivity contribution < 1.29 is 4.42 Å². The number of thioether (sulfide) groups is 1. The molecule has 2 N–H and O–H groups in total. The molecule has 1 aromatic heterocycles. The Hall–Kier alpha value is -2.43. The third-order valence-corrected chi connectivity index (χ3v) is 3.90. The van der Waals surface area contributed by atoms with E-state index < -0.39 is 0 Å². The zero-order chi connectivity index (χ0) is 16.9. The van der Waals surface area contributed by atoms with Gasteiger partial charge in [-0.3, -0.25) is 5.32 Å². The quantitative estimate of drug-likeness (QED) is 0.242. The lowest BCUT2D eigenvalue weighted by molar-refractivity contribution is 0.557. The lowest BCUT2D eigenvalue weighted by atomic mass is 10.2. The predicted octanol–water partition coefficient (Wildman–Crippen LogP) is 3.06. The largest absolute Gasteiger partial charge is 0.451 e. The number of hydrogen-bond acceptors (Lipinski definition) is 5. The van der Waals surface area contributed by atoms with Crippen molar-refractivity contribution in [1.82, 2.24) is 15.6 Å². The average Bonchev–Trinajstić information content (AvgIpc) is 3.12. The summed E-state index contributed by atoms with van der Waals surface area (Å²) in [4.78, 5) is 8.38. The van der Waals surface area contributed by atoms with Gasteiger partial charge in [-0.25, -0.2) is 9.98 Å². The Labute approximate surface area is 157 Å². The van der Waals surface area contributed by atoms with Crippen LogP contribution in [0.4, 0.5) is 0 Å². The molecule has 0 atom stereocenters. The van der Waals surface area contributed by atoms with Crippen LogP contribution in [0, 0.1) is 11.5 Å². The molecule has 25 heavy (non-hydrogen) atoms. The third kappa shape index (κ3) is 8.84. The van der Waals surface area contributed by atoms with Crippen molar-refractivity contribution in [1.29, 1.82) is 5.26 Å². The van der Waals surface area contributed by atoms with Gasteiger partial charge in [0.2, 0.25) is 5.96 Å². The van der Waals surface area contributed by atoms with Crippen molar-refractivity contribution in [3.05, 3.63) is 60.3 Å². The zero-order valence-electron chi connectivity index (χ0n) is 13.6. The summed E-state index contributed by atoms with van der Waals surface area (Å²) in [6.45, 7) is 1.20. The Morgan fingerprint density at radius 1 is 1.36 bits per heavy atom. The lowest BCUT2D eigenvalue weighted by Gasteiger charge is -2.06. The van der Waals surface area contributed by atoms with Gasteiger partial charge in [-0.1, -0.05) is 42.5 Å². The van der Waals surface area contributed by atoms with E-state index in [1.165, 1.54) is 6.39 Å². The second-order valence-corrected chi connectivity index (χ2v) is 5.80. The topological polar surface area (TPSA) is 86.2 Å². The van der Waals surface area contributed by atoms with Crippen LogP contribution in [0.5, 0.6) is 0 Å². The molecule has 2 aromatic rings. The number of aromatic nitrogens is 1. The van der Waals surface area contributed by atoms with Crippen LogP contribution < -0.4 is 10.6 Å². The van der Waals surface area contributed by atoms with Crippen molar-refractivity contribution in [3.8, 4) is 6.19 Å². The Balaban J connectivity index is 0.00000312. The molecule has 8 heteroatoms. The van der Waals surface area contributed by atoms with E-state index in [1.54, 1.807) is 18.0 Å². The lowest BCUT2D eigenvalue weighted by Crippen LogP contribution is -2.36. The van der Waals surface area contributed by atoms with Gasteiger partial charge in [-0.15, -0.1) is 12.4 Å². The minimum absolute atomic E-state index is 0. The fourth-order valence-corrected chi connectivity index (χ4v) is 2.56. The van der Waals surface area contributed by atoms with Gasteiger partial charge in [-0.05, 0) is 5.56 Å². The first-order chi connectivity index (χ1) is 11.9. The fraction of sp³-hybridized carbons (Fsp3) is 0.235. The summed E-state index contributed by atoms with van der Waals surface area (Å²) in [5, 5.41) is 14.5. The van der Waals surface area contributed by atoms with Crippen LogP contribution in [0.3, 0.4) is 0 Å². The highest BCUT2D eigenvalue weighted by molar-refractivity contribution is 7.98. The molecule has 0 spiro atoms. The first-order valence-corrected chi connectivity index (χ1v) is 8.64. The van der Waals surface area contributed by atoms with Gasteiger partial charge < -0.3 is 9.73 Å². The average molecular weight is 378 g/mol. The molecule has 1 aromatic carbocycles. The van der Waals surface area contributed by atoms with Crippen molar-refractivity contribution in [2.24, 2.45) is 4.99 Å². The van der Waals surface area contributed by atoms with Crippen LogP contribution in [0.15, 0.2) is 58.5 Å². The molecule has 0 amide bonds. The molecular weight excluding hydrogens is 358 g/mol. The van der Waals surface area contributed by atoms with Crippen LogP contribution in [0.25, 0.3) is 6.08 Å². The van der Waals surface area contributed by atoms with E-state index in [9.17, 15) is 0 Å². The van der Waals surface area contributed by atoms with Gasteiger partial charge in [0.1, 0.15) is 6.26 Å². The Morgan fingerprint density at radius 2 is 2.20 bits per heavy atom. The van der Waals surface area contributed by atoms with E-state index in [0.29, 0.717) is 19.0 Å². The van der Waals surface area contributed by atoms with Crippen LogP contribution >= 0.6 is 24.2 Å². The maximum atomic E-state index is 8.78. The van der Waals surface area contributed by atoms with Gasteiger partial charge in [-0.2, -0.15) is 17.0 Å². The van der Waals surface area contributed by atoms with Crippen molar-refractivity contribution in [2.45, 2.75) is 5.75 Å². The van der Waals surface area contributed by atoms with Crippen LogP contribution in [-0.4, -0.2) is 29.8 Å². The molecule has 0 aliphatic heterocycles. The number of nitrogens with one attached hydrogen (secondary N) is 2. The van der Waals surface area contributed by atoms with Crippen LogP contribution in [0.2, 0.25) is 0 Å². The summed E-state index contributed by atoms with van der Waals surface area (Å²) < 4.78 is 4.92. The standard InChI is InChI=1S/C17H19N5OS.ClH/c18-13-21-17(19-8-4-7-15-5-2-1-3-6-15)20-9-10-24-12-16-11-23-14-22-16;/h1-7,11,14H,8-10,12H2,(H2,19,20,21);1H. The Kier molecular flexibility index (Phi) is 10.7. The molecule has 0 radical (unpaired) electrons. The molecule has 1 heterocycles. The van der Waals surface area contributed by atoms with Crippen LogP contribution in [-0.2, 0) is 5.75 Å². The van der Waals surface area contributed by atoms with Gasteiger partial charge in [0.15, 0.2) is 12.6 Å². The van der Waals surface area contributed by atoms with E-state index in [0.717, 1.165) is 22.8 Å². The normalized spacial score (nSPS) is 10.9.